The van der Waals surface area contributed by atoms with Crippen LogP contribution >= 0.6 is 0 Å². The van der Waals surface area contributed by atoms with Gasteiger partial charge in [-0.25, -0.2) is 0 Å². The predicted molar refractivity (Wildman–Crippen MR) is 79.7 cm³/mol. The zero-order valence-corrected chi connectivity index (χ0v) is 12.7. The average molecular weight is 300 g/mol. The maximum atomic E-state index is 12.1. The van der Waals surface area contributed by atoms with E-state index in [0.29, 0.717) is 18.8 Å². The van der Waals surface area contributed by atoms with E-state index < -0.39 is 6.29 Å². The minimum Gasteiger partial charge on any atom is -0.435 e. The molecule has 1 saturated carbocycles. The molecule has 1 heterocycles. The van der Waals surface area contributed by atoms with Gasteiger partial charge >= 0.3 is 5.97 Å². The minimum absolute atomic E-state index is 0.0993. The van der Waals surface area contributed by atoms with Crippen LogP contribution in [0.1, 0.15) is 32.6 Å². The number of fused-ring (bicyclic) bond motifs is 5. The fraction of sp³-hybridized carbons (Fsp3) is 0.556. The number of ketones is 1. The number of esters is 1. The van der Waals surface area contributed by atoms with Crippen molar-refractivity contribution >= 4 is 11.8 Å². The zero-order valence-electron chi connectivity index (χ0n) is 12.7. The van der Waals surface area contributed by atoms with Crippen molar-refractivity contribution in [1.82, 2.24) is 0 Å². The number of rotatable bonds is 4. The molecule has 0 N–H and O–H groups in total. The summed E-state index contributed by atoms with van der Waals surface area (Å²) < 4.78 is 11.6. The van der Waals surface area contributed by atoms with E-state index in [9.17, 15) is 9.59 Å². The maximum absolute atomic E-state index is 12.1. The zero-order chi connectivity index (χ0) is 15.4. The molecule has 2 bridgehead atoms. The Bertz CT molecular complexity index is 627. The van der Waals surface area contributed by atoms with Gasteiger partial charge in [-0.3, -0.25) is 9.59 Å². The smallest absolute Gasteiger partial charge is 0.315 e. The van der Waals surface area contributed by atoms with Crippen molar-refractivity contribution in [2.45, 2.75) is 45.0 Å². The van der Waals surface area contributed by atoms with Gasteiger partial charge in [0.15, 0.2) is 5.78 Å². The number of allylic oxidation sites excluding steroid dienone is 3. The molecule has 5 atom stereocenters. The Labute approximate surface area is 129 Å². The van der Waals surface area contributed by atoms with Crippen molar-refractivity contribution in [2.75, 3.05) is 0 Å². The predicted octanol–water partition coefficient (Wildman–Crippen LogP) is 2.70. The van der Waals surface area contributed by atoms with Gasteiger partial charge in [0.2, 0.25) is 6.29 Å². The summed E-state index contributed by atoms with van der Waals surface area (Å²) in [7, 11) is 0. The van der Waals surface area contributed by atoms with E-state index in [2.05, 4.69) is 12.7 Å². The van der Waals surface area contributed by atoms with E-state index in [1.165, 1.54) is 5.57 Å². The van der Waals surface area contributed by atoms with Crippen LogP contribution in [0.15, 0.2) is 35.5 Å². The third kappa shape index (κ3) is 1.86. The molecule has 1 saturated heterocycles. The SMILES string of the molecule is C=CCC1=C(C)[C@H](OC2OC(=O)C3C4=CCC(C4)C23)CC1=O. The Morgan fingerprint density at radius 2 is 2.23 bits per heavy atom. The van der Waals surface area contributed by atoms with Crippen LogP contribution in [-0.4, -0.2) is 24.1 Å². The van der Waals surface area contributed by atoms with E-state index >= 15 is 0 Å². The first-order valence-corrected chi connectivity index (χ1v) is 7.98. The van der Waals surface area contributed by atoms with Gasteiger partial charge in [0.05, 0.1) is 12.0 Å². The molecule has 4 aliphatic rings. The van der Waals surface area contributed by atoms with E-state index in [4.69, 9.17) is 9.47 Å². The highest BCUT2D eigenvalue weighted by molar-refractivity contribution is 5.99. The first kappa shape index (κ1) is 13.9. The molecule has 0 spiro atoms. The van der Waals surface area contributed by atoms with Crippen molar-refractivity contribution in [3.63, 3.8) is 0 Å². The topological polar surface area (TPSA) is 52.6 Å². The molecule has 0 radical (unpaired) electrons. The normalized spacial score (nSPS) is 39.3. The second-order valence-electron chi connectivity index (χ2n) is 6.75. The van der Waals surface area contributed by atoms with Crippen LogP contribution in [-0.2, 0) is 19.1 Å². The minimum atomic E-state index is -0.496. The molecule has 22 heavy (non-hydrogen) atoms. The van der Waals surface area contributed by atoms with Gasteiger partial charge < -0.3 is 9.47 Å². The summed E-state index contributed by atoms with van der Waals surface area (Å²) in [5.41, 5.74) is 3.00. The van der Waals surface area contributed by atoms with E-state index in [0.717, 1.165) is 24.0 Å². The third-order valence-corrected chi connectivity index (χ3v) is 5.62. The number of carbonyl (C=O) groups excluding carboxylic acids is 2. The van der Waals surface area contributed by atoms with E-state index in [-0.39, 0.29) is 29.7 Å². The van der Waals surface area contributed by atoms with Gasteiger partial charge in [-0.2, -0.15) is 0 Å². The van der Waals surface area contributed by atoms with Crippen molar-refractivity contribution in [3.8, 4) is 0 Å². The van der Waals surface area contributed by atoms with Crippen LogP contribution in [0.25, 0.3) is 0 Å². The van der Waals surface area contributed by atoms with Crippen LogP contribution in [0, 0.1) is 17.8 Å². The van der Waals surface area contributed by atoms with Gasteiger partial charge in [-0.1, -0.05) is 17.7 Å². The molecule has 0 aromatic rings. The maximum Gasteiger partial charge on any atom is 0.315 e. The summed E-state index contributed by atoms with van der Waals surface area (Å²) in [5, 5.41) is 0. The van der Waals surface area contributed by atoms with Crippen LogP contribution in [0.4, 0.5) is 0 Å². The molecule has 0 aromatic carbocycles. The van der Waals surface area contributed by atoms with Crippen molar-refractivity contribution < 1.29 is 19.1 Å². The molecule has 4 unspecified atom stereocenters. The summed E-state index contributed by atoms with van der Waals surface area (Å²) in [6.07, 6.45) is 6.13. The van der Waals surface area contributed by atoms with Crippen molar-refractivity contribution in [3.05, 3.63) is 35.5 Å². The second kappa shape index (κ2) is 4.92. The molecule has 4 rings (SSSR count). The molecule has 4 heteroatoms. The second-order valence-corrected chi connectivity index (χ2v) is 6.75. The van der Waals surface area contributed by atoms with Crippen LogP contribution < -0.4 is 0 Å². The molecule has 0 amide bonds. The van der Waals surface area contributed by atoms with Crippen LogP contribution in [0.3, 0.4) is 0 Å². The standard InChI is InChI=1S/C18H20O4/c1-3-4-12-9(2)14(8-13(12)19)21-18-16-11-6-5-10(7-11)15(16)17(20)22-18/h3,5,11,14-16,18H,1,4,6-8H2,2H3/t11?,14-,15?,16?,18?/m1/s1. The summed E-state index contributed by atoms with van der Waals surface area (Å²) in [6.45, 7) is 5.63. The van der Waals surface area contributed by atoms with Gasteiger partial charge in [0.25, 0.3) is 0 Å². The first-order valence-electron chi connectivity index (χ1n) is 7.98. The van der Waals surface area contributed by atoms with Gasteiger partial charge in [-0.15, -0.1) is 6.58 Å². The molecular weight excluding hydrogens is 280 g/mol. The van der Waals surface area contributed by atoms with Crippen molar-refractivity contribution in [2.24, 2.45) is 17.8 Å². The Kier molecular flexibility index (Phi) is 3.12. The lowest BCUT2D eigenvalue weighted by Crippen LogP contribution is -2.31. The number of cyclic esters (lactones) is 1. The van der Waals surface area contributed by atoms with Gasteiger partial charge in [0, 0.05) is 17.9 Å². The summed E-state index contributed by atoms with van der Waals surface area (Å²) >= 11 is 0. The Balaban J connectivity index is 1.53. The number of hydrogen-bond donors (Lipinski definition) is 0. The van der Waals surface area contributed by atoms with Crippen molar-refractivity contribution in [1.29, 1.82) is 0 Å². The fourth-order valence-electron chi connectivity index (χ4n) is 4.50. The highest BCUT2D eigenvalue weighted by Gasteiger charge is 2.57. The van der Waals surface area contributed by atoms with Gasteiger partial charge in [-0.05, 0) is 37.7 Å². The third-order valence-electron chi connectivity index (χ3n) is 5.62. The quantitative estimate of drug-likeness (QED) is 0.592. The molecule has 116 valence electrons. The Morgan fingerprint density at radius 3 is 3.00 bits per heavy atom. The fourth-order valence-corrected chi connectivity index (χ4v) is 4.50. The van der Waals surface area contributed by atoms with E-state index in [1.807, 2.05) is 6.92 Å². The highest BCUT2D eigenvalue weighted by Crippen LogP contribution is 2.54. The van der Waals surface area contributed by atoms with Crippen LogP contribution in [0.2, 0.25) is 0 Å². The van der Waals surface area contributed by atoms with E-state index in [1.54, 1.807) is 6.08 Å². The number of hydrogen-bond acceptors (Lipinski definition) is 4. The average Bonchev–Trinajstić information content (AvgIpc) is 3.21. The molecule has 0 aromatic heterocycles. The number of Topliss-reactive ketones (excluding diaryl/α,β-unsaturated/α-hetero) is 1. The summed E-state index contributed by atoms with van der Waals surface area (Å²) in [6, 6.07) is 0. The summed E-state index contributed by atoms with van der Waals surface area (Å²) in [5.74, 6) is 0.474. The highest BCUT2D eigenvalue weighted by atomic mass is 16.7. The summed E-state index contributed by atoms with van der Waals surface area (Å²) in [4.78, 5) is 24.2. The lowest BCUT2D eigenvalue weighted by atomic mass is 9.85. The monoisotopic (exact) mass is 300 g/mol. The molecule has 1 aliphatic heterocycles. The number of ether oxygens (including phenoxy) is 2. The number of carbonyl (C=O) groups is 2. The molecule has 2 fully saturated rings. The largest absolute Gasteiger partial charge is 0.435 e. The lowest BCUT2D eigenvalue weighted by Gasteiger charge is -2.25. The molecule has 4 nitrogen and oxygen atoms in total. The molecule has 3 aliphatic carbocycles. The first-order chi connectivity index (χ1) is 10.6. The van der Waals surface area contributed by atoms with Gasteiger partial charge in [0.1, 0.15) is 0 Å². The molecular formula is C18H20O4. The lowest BCUT2D eigenvalue weighted by molar-refractivity contribution is -0.178. The Hall–Kier alpha value is -1.68. The van der Waals surface area contributed by atoms with Crippen LogP contribution in [0.5, 0.6) is 0 Å². The Morgan fingerprint density at radius 1 is 1.41 bits per heavy atom.